The van der Waals surface area contributed by atoms with Gasteiger partial charge in [0.1, 0.15) is 0 Å². The maximum Gasteiger partial charge on any atom is 0.255 e. The molecule has 2 N–H and O–H groups in total. The van der Waals surface area contributed by atoms with E-state index in [4.69, 9.17) is 4.74 Å². The number of nitrogens with one attached hydrogen (secondary N) is 2. The van der Waals surface area contributed by atoms with Crippen molar-refractivity contribution in [3.63, 3.8) is 0 Å². The summed E-state index contributed by atoms with van der Waals surface area (Å²) in [7, 11) is -3.49. The van der Waals surface area contributed by atoms with Gasteiger partial charge in [0.15, 0.2) is 0 Å². The number of ether oxygens (including phenoxy) is 1. The topological polar surface area (TPSA) is 125 Å². The van der Waals surface area contributed by atoms with Crippen LogP contribution >= 0.6 is 0 Å². The van der Waals surface area contributed by atoms with Crippen LogP contribution in [0, 0.1) is 6.92 Å². The van der Waals surface area contributed by atoms with Crippen molar-refractivity contribution in [2.75, 3.05) is 49.6 Å². The van der Waals surface area contributed by atoms with Gasteiger partial charge in [-0.1, -0.05) is 0 Å². The van der Waals surface area contributed by atoms with Crippen molar-refractivity contribution in [3.8, 4) is 0 Å². The second kappa shape index (κ2) is 10.0. The lowest BCUT2D eigenvalue weighted by molar-refractivity contribution is -0.116. The van der Waals surface area contributed by atoms with Gasteiger partial charge in [-0.3, -0.25) is 14.6 Å². The number of anilines is 2. The third-order valence-electron chi connectivity index (χ3n) is 5.96. The molecule has 0 saturated carbocycles. The lowest BCUT2D eigenvalue weighted by Crippen LogP contribution is -2.38. The van der Waals surface area contributed by atoms with Crippen molar-refractivity contribution < 1.29 is 17.9 Å². The molecule has 2 saturated heterocycles. The van der Waals surface area contributed by atoms with Crippen molar-refractivity contribution >= 4 is 27.6 Å². The Labute approximate surface area is 193 Å². The van der Waals surface area contributed by atoms with Gasteiger partial charge in [0.05, 0.1) is 18.1 Å². The van der Waals surface area contributed by atoms with Crippen LogP contribution in [0.5, 0.6) is 0 Å². The Kier molecular flexibility index (Phi) is 7.11. The highest BCUT2D eigenvalue weighted by atomic mass is 32.2. The molecule has 4 rings (SSSR count). The van der Waals surface area contributed by atoms with Crippen molar-refractivity contribution in [1.29, 1.82) is 0 Å². The lowest BCUT2D eigenvalue weighted by atomic mass is 10.1. The normalized spacial score (nSPS) is 17.3. The van der Waals surface area contributed by atoms with Gasteiger partial charge in [0.25, 0.3) is 5.56 Å². The van der Waals surface area contributed by atoms with Gasteiger partial charge in [-0.15, -0.1) is 0 Å². The molecule has 0 aliphatic carbocycles. The fraction of sp³-hybridized carbons (Fsp3) is 0.500. The summed E-state index contributed by atoms with van der Waals surface area (Å²) in [6.07, 6.45) is 2.11. The third kappa shape index (κ3) is 5.43. The van der Waals surface area contributed by atoms with Crippen molar-refractivity contribution in [2.24, 2.45) is 0 Å². The first kappa shape index (κ1) is 23.4. The zero-order valence-electron chi connectivity index (χ0n) is 18.7. The molecule has 178 valence electrons. The quantitative estimate of drug-likeness (QED) is 0.618. The van der Waals surface area contributed by atoms with Gasteiger partial charge in [-0.25, -0.2) is 13.4 Å². The number of benzene rings is 1. The highest BCUT2D eigenvalue weighted by Crippen LogP contribution is 2.22. The SMILES string of the molecule is Cc1nc(N2CCOCC2)[nH]c(=O)c1CCC(=O)Nc1ccc(S(=O)(=O)N2CCCC2)cc1. The highest BCUT2D eigenvalue weighted by Gasteiger charge is 2.27. The molecule has 10 nitrogen and oxygen atoms in total. The fourth-order valence-electron chi connectivity index (χ4n) is 4.06. The lowest BCUT2D eigenvalue weighted by Gasteiger charge is -2.27. The van der Waals surface area contributed by atoms with Crippen LogP contribution in [0.2, 0.25) is 0 Å². The molecule has 2 fully saturated rings. The Balaban J connectivity index is 1.35. The van der Waals surface area contributed by atoms with Crippen molar-refractivity contribution in [3.05, 3.63) is 45.9 Å². The molecule has 1 aromatic carbocycles. The second-order valence-electron chi connectivity index (χ2n) is 8.24. The van der Waals surface area contributed by atoms with E-state index in [0.29, 0.717) is 62.3 Å². The number of aromatic nitrogens is 2. The van der Waals surface area contributed by atoms with E-state index >= 15 is 0 Å². The standard InChI is InChI=1S/C22H29N5O5S/c1-16-19(21(29)25-22(23-16)26-12-14-32-15-13-26)8-9-20(28)24-17-4-6-18(7-5-17)33(30,31)27-10-2-3-11-27/h4-7H,2-3,8-15H2,1H3,(H,24,28)(H,23,25,29). The predicted molar refractivity (Wildman–Crippen MR) is 124 cm³/mol. The van der Waals surface area contributed by atoms with E-state index in [2.05, 4.69) is 15.3 Å². The smallest absolute Gasteiger partial charge is 0.255 e. The Bertz CT molecular complexity index is 1150. The molecular weight excluding hydrogens is 446 g/mol. The van der Waals surface area contributed by atoms with Crippen LogP contribution in [-0.4, -0.2) is 68.0 Å². The van der Waals surface area contributed by atoms with Gasteiger partial charge in [-0.2, -0.15) is 4.31 Å². The minimum atomic E-state index is -3.49. The Morgan fingerprint density at radius 1 is 1.12 bits per heavy atom. The van der Waals surface area contributed by atoms with Crippen LogP contribution in [0.4, 0.5) is 11.6 Å². The third-order valence-corrected chi connectivity index (χ3v) is 7.88. The number of carbonyl (C=O) groups excluding carboxylic acids is 1. The number of hydrogen-bond acceptors (Lipinski definition) is 7. The first-order valence-corrected chi connectivity index (χ1v) is 12.6. The number of aromatic amines is 1. The van der Waals surface area contributed by atoms with E-state index in [0.717, 1.165) is 12.8 Å². The molecule has 0 spiro atoms. The van der Waals surface area contributed by atoms with E-state index in [-0.39, 0.29) is 29.2 Å². The van der Waals surface area contributed by atoms with E-state index < -0.39 is 10.0 Å². The second-order valence-corrected chi connectivity index (χ2v) is 10.2. The van der Waals surface area contributed by atoms with Crippen molar-refractivity contribution in [2.45, 2.75) is 37.5 Å². The molecule has 0 radical (unpaired) electrons. The maximum atomic E-state index is 12.6. The van der Waals surface area contributed by atoms with E-state index in [9.17, 15) is 18.0 Å². The number of H-pyrrole nitrogens is 1. The van der Waals surface area contributed by atoms with Crippen LogP contribution in [0.25, 0.3) is 0 Å². The summed E-state index contributed by atoms with van der Waals surface area (Å²) in [5.41, 5.74) is 1.35. The number of morpholine rings is 1. The van der Waals surface area contributed by atoms with Gasteiger partial charge < -0.3 is 15.0 Å². The van der Waals surface area contributed by atoms with Crippen LogP contribution in [0.1, 0.15) is 30.5 Å². The van der Waals surface area contributed by atoms with E-state index in [1.54, 1.807) is 19.1 Å². The van der Waals surface area contributed by atoms with Gasteiger partial charge in [-0.05, 0) is 50.5 Å². The Morgan fingerprint density at radius 3 is 2.42 bits per heavy atom. The number of amides is 1. The summed E-state index contributed by atoms with van der Waals surface area (Å²) < 4.78 is 32.0. The molecule has 11 heteroatoms. The number of aryl methyl sites for hydroxylation is 1. The van der Waals surface area contributed by atoms with Crippen LogP contribution in [0.3, 0.4) is 0 Å². The average Bonchev–Trinajstić information content (AvgIpc) is 3.35. The predicted octanol–water partition coefficient (Wildman–Crippen LogP) is 1.27. The summed E-state index contributed by atoms with van der Waals surface area (Å²) in [5, 5.41) is 2.76. The Hall–Kier alpha value is -2.76. The molecule has 3 heterocycles. The molecule has 2 aliphatic heterocycles. The molecule has 33 heavy (non-hydrogen) atoms. The average molecular weight is 476 g/mol. The molecule has 0 unspecified atom stereocenters. The van der Waals surface area contributed by atoms with Gasteiger partial charge >= 0.3 is 0 Å². The first-order valence-electron chi connectivity index (χ1n) is 11.2. The summed E-state index contributed by atoms with van der Waals surface area (Å²) in [6, 6.07) is 6.17. The number of nitrogens with zero attached hydrogens (tertiary/aromatic N) is 3. The summed E-state index contributed by atoms with van der Waals surface area (Å²) in [5.74, 6) is 0.263. The zero-order valence-corrected chi connectivity index (χ0v) is 19.5. The van der Waals surface area contributed by atoms with Crippen LogP contribution in [-0.2, 0) is 26.0 Å². The molecule has 1 aromatic heterocycles. The minimum Gasteiger partial charge on any atom is -0.378 e. The zero-order chi connectivity index (χ0) is 23.4. The monoisotopic (exact) mass is 475 g/mol. The van der Waals surface area contributed by atoms with Gasteiger partial charge in [0.2, 0.25) is 21.9 Å². The molecule has 2 aromatic rings. The minimum absolute atomic E-state index is 0.107. The number of sulfonamides is 1. The molecular formula is C22H29N5O5S. The van der Waals surface area contributed by atoms with Crippen LogP contribution < -0.4 is 15.8 Å². The van der Waals surface area contributed by atoms with E-state index in [1.165, 1.54) is 16.4 Å². The molecule has 0 atom stereocenters. The van der Waals surface area contributed by atoms with Crippen LogP contribution in [0.15, 0.2) is 34.0 Å². The van der Waals surface area contributed by atoms with Gasteiger partial charge in [0, 0.05) is 49.5 Å². The Morgan fingerprint density at radius 2 is 1.79 bits per heavy atom. The first-order chi connectivity index (χ1) is 15.8. The van der Waals surface area contributed by atoms with Crippen molar-refractivity contribution in [1.82, 2.24) is 14.3 Å². The highest BCUT2D eigenvalue weighted by molar-refractivity contribution is 7.89. The summed E-state index contributed by atoms with van der Waals surface area (Å²) in [6.45, 7) is 5.38. The molecule has 1 amide bonds. The largest absolute Gasteiger partial charge is 0.378 e. The number of carbonyl (C=O) groups is 1. The summed E-state index contributed by atoms with van der Waals surface area (Å²) in [4.78, 5) is 34.5. The molecule has 2 aliphatic rings. The fourth-order valence-corrected chi connectivity index (χ4v) is 5.58. The van der Waals surface area contributed by atoms with E-state index in [1.807, 2.05) is 4.90 Å². The molecule has 0 bridgehead atoms. The number of rotatable bonds is 7. The summed E-state index contributed by atoms with van der Waals surface area (Å²) >= 11 is 0. The number of hydrogen-bond donors (Lipinski definition) is 2. The maximum absolute atomic E-state index is 12.6.